The zero-order valence-electron chi connectivity index (χ0n) is 18.3. The van der Waals surface area contributed by atoms with Gasteiger partial charge in [-0.15, -0.1) is 21.5 Å². The van der Waals surface area contributed by atoms with Gasteiger partial charge in [0.15, 0.2) is 0 Å². The minimum atomic E-state index is -0.351. The fourth-order valence-electron chi connectivity index (χ4n) is 3.02. The van der Waals surface area contributed by atoms with Gasteiger partial charge in [0.2, 0.25) is 5.91 Å². The maximum Gasteiger partial charge on any atom is 0.234 e. The molecule has 168 valence electrons. The number of carbonyl (C=O) groups is 1. The second kappa shape index (κ2) is 10.1. The molecule has 2 aromatic heterocycles. The van der Waals surface area contributed by atoms with E-state index in [2.05, 4.69) is 20.5 Å². The fraction of sp³-hybridized carbons (Fsp3) is 0.167. The van der Waals surface area contributed by atoms with E-state index < -0.39 is 0 Å². The fourth-order valence-corrected chi connectivity index (χ4v) is 4.67. The predicted octanol–water partition coefficient (Wildman–Crippen LogP) is 5.76. The molecule has 0 saturated heterocycles. The summed E-state index contributed by atoms with van der Waals surface area (Å²) < 4.78 is 18.8. The third kappa shape index (κ3) is 5.55. The number of thiazole rings is 1. The monoisotopic (exact) mass is 480 g/mol. The van der Waals surface area contributed by atoms with Crippen molar-refractivity contribution < 1.29 is 13.9 Å². The molecule has 0 aliphatic heterocycles. The van der Waals surface area contributed by atoms with E-state index in [4.69, 9.17) is 4.74 Å². The lowest BCUT2D eigenvalue weighted by molar-refractivity contribution is -0.113. The van der Waals surface area contributed by atoms with Crippen LogP contribution in [0.3, 0.4) is 0 Å². The molecule has 6 nitrogen and oxygen atoms in total. The molecule has 2 heterocycles. The molecule has 4 aromatic rings. The molecule has 1 N–H and O–H groups in total. The molecule has 0 bridgehead atoms. The van der Waals surface area contributed by atoms with E-state index in [9.17, 15) is 9.18 Å². The molecular weight excluding hydrogens is 459 g/mol. The molecule has 0 spiro atoms. The quantitative estimate of drug-likeness (QED) is 0.339. The van der Waals surface area contributed by atoms with Gasteiger partial charge in [-0.05, 0) is 67.9 Å². The van der Waals surface area contributed by atoms with Crippen LogP contribution in [-0.4, -0.2) is 34.0 Å². The SMILES string of the molecule is COc1ccc(-c2nc(C)c(-c3ccc(SCC(=O)Nc4ccc(C)c(F)c4)nn3)s2)cc1. The van der Waals surface area contributed by atoms with Crippen LogP contribution in [-0.2, 0) is 4.79 Å². The normalized spacial score (nSPS) is 10.8. The van der Waals surface area contributed by atoms with Crippen LogP contribution in [0.2, 0.25) is 0 Å². The molecular formula is C24H21FN4O2S2. The largest absolute Gasteiger partial charge is 0.497 e. The van der Waals surface area contributed by atoms with Crippen molar-refractivity contribution in [2.24, 2.45) is 0 Å². The summed E-state index contributed by atoms with van der Waals surface area (Å²) in [6.45, 7) is 3.62. The number of nitrogens with one attached hydrogen (secondary N) is 1. The van der Waals surface area contributed by atoms with Gasteiger partial charge in [0.1, 0.15) is 27.3 Å². The lowest BCUT2D eigenvalue weighted by atomic mass is 10.2. The number of methoxy groups -OCH3 is 1. The van der Waals surface area contributed by atoms with E-state index in [1.807, 2.05) is 43.3 Å². The number of nitrogens with zero attached hydrogens (tertiary/aromatic N) is 3. The highest BCUT2D eigenvalue weighted by atomic mass is 32.2. The third-order valence-electron chi connectivity index (χ3n) is 4.81. The van der Waals surface area contributed by atoms with Crippen molar-refractivity contribution in [2.45, 2.75) is 18.9 Å². The average Bonchev–Trinajstić information content (AvgIpc) is 3.22. The van der Waals surface area contributed by atoms with Crippen LogP contribution in [0.5, 0.6) is 5.75 Å². The van der Waals surface area contributed by atoms with E-state index in [-0.39, 0.29) is 17.5 Å². The molecule has 9 heteroatoms. The summed E-state index contributed by atoms with van der Waals surface area (Å²) in [7, 11) is 1.64. The van der Waals surface area contributed by atoms with Gasteiger partial charge in [0.05, 0.1) is 23.4 Å². The number of ether oxygens (including phenoxy) is 1. The summed E-state index contributed by atoms with van der Waals surface area (Å²) >= 11 is 2.82. The Morgan fingerprint density at radius 3 is 2.55 bits per heavy atom. The van der Waals surface area contributed by atoms with Crippen LogP contribution in [0.25, 0.3) is 21.1 Å². The molecule has 2 aromatic carbocycles. The summed E-state index contributed by atoms with van der Waals surface area (Å²) in [6, 6.07) is 16.1. The van der Waals surface area contributed by atoms with Gasteiger partial charge in [-0.1, -0.05) is 17.8 Å². The van der Waals surface area contributed by atoms with Crippen LogP contribution in [0.1, 0.15) is 11.3 Å². The number of carbonyl (C=O) groups excluding carboxylic acids is 1. The molecule has 0 radical (unpaired) electrons. The number of benzene rings is 2. The molecule has 33 heavy (non-hydrogen) atoms. The summed E-state index contributed by atoms with van der Waals surface area (Å²) in [6.07, 6.45) is 0. The maximum absolute atomic E-state index is 13.6. The highest BCUT2D eigenvalue weighted by molar-refractivity contribution is 7.99. The first-order chi connectivity index (χ1) is 15.9. The molecule has 0 aliphatic carbocycles. The zero-order valence-corrected chi connectivity index (χ0v) is 19.9. The smallest absolute Gasteiger partial charge is 0.234 e. The standard InChI is InChI=1S/C24H21FN4O2S2/c1-14-4-7-17(12-19(14)25)27-21(30)13-32-22-11-10-20(28-29-22)23-15(2)26-24(33-23)16-5-8-18(31-3)9-6-16/h4-12H,13H2,1-3H3,(H,27,30). The van der Waals surface area contributed by atoms with Gasteiger partial charge >= 0.3 is 0 Å². The van der Waals surface area contributed by atoms with Crippen LogP contribution in [0, 0.1) is 19.7 Å². The Hall–Kier alpha value is -3.30. The second-order valence-corrected chi connectivity index (χ2v) is 9.21. The Morgan fingerprint density at radius 2 is 1.88 bits per heavy atom. The number of amides is 1. The molecule has 4 rings (SSSR count). The number of halogens is 1. The second-order valence-electron chi connectivity index (χ2n) is 7.22. The van der Waals surface area contributed by atoms with Gasteiger partial charge in [-0.3, -0.25) is 4.79 Å². The first-order valence-electron chi connectivity index (χ1n) is 10.1. The molecule has 0 aliphatic rings. The molecule has 0 atom stereocenters. The Labute approximate surface area is 199 Å². The molecule has 0 saturated carbocycles. The Kier molecular flexibility index (Phi) is 7.00. The minimum absolute atomic E-state index is 0.144. The van der Waals surface area contributed by atoms with Gasteiger partial charge in [0.25, 0.3) is 0 Å². The lowest BCUT2D eigenvalue weighted by Crippen LogP contribution is -2.14. The Morgan fingerprint density at radius 1 is 1.09 bits per heavy atom. The van der Waals surface area contributed by atoms with Gasteiger partial charge in [0, 0.05) is 11.3 Å². The first kappa shape index (κ1) is 22.9. The maximum atomic E-state index is 13.6. The summed E-state index contributed by atoms with van der Waals surface area (Å²) in [5.74, 6) is 0.350. The van der Waals surface area contributed by atoms with E-state index >= 15 is 0 Å². The van der Waals surface area contributed by atoms with Crippen molar-refractivity contribution in [1.29, 1.82) is 0 Å². The number of aromatic nitrogens is 3. The average molecular weight is 481 g/mol. The van der Waals surface area contributed by atoms with Crippen LogP contribution in [0.15, 0.2) is 59.6 Å². The Bertz CT molecular complexity index is 1270. The van der Waals surface area contributed by atoms with E-state index in [1.54, 1.807) is 37.5 Å². The zero-order chi connectivity index (χ0) is 23.4. The van der Waals surface area contributed by atoms with Crippen LogP contribution in [0.4, 0.5) is 10.1 Å². The number of hydrogen-bond acceptors (Lipinski definition) is 7. The third-order valence-corrected chi connectivity index (χ3v) is 6.96. The van der Waals surface area contributed by atoms with E-state index in [0.717, 1.165) is 32.6 Å². The summed E-state index contributed by atoms with van der Waals surface area (Å²) in [5.41, 5.74) is 3.58. The van der Waals surface area contributed by atoms with Crippen molar-refractivity contribution in [1.82, 2.24) is 15.2 Å². The highest BCUT2D eigenvalue weighted by Crippen LogP contribution is 2.35. The van der Waals surface area contributed by atoms with Crippen LogP contribution < -0.4 is 10.1 Å². The number of anilines is 1. The topological polar surface area (TPSA) is 77.0 Å². The van der Waals surface area contributed by atoms with Crippen LogP contribution >= 0.6 is 23.1 Å². The lowest BCUT2D eigenvalue weighted by Gasteiger charge is -2.06. The van der Waals surface area contributed by atoms with Gasteiger partial charge < -0.3 is 10.1 Å². The van der Waals surface area contributed by atoms with E-state index in [0.29, 0.717) is 16.3 Å². The van der Waals surface area contributed by atoms with E-state index in [1.165, 1.54) is 17.8 Å². The number of rotatable bonds is 7. The molecule has 0 unspecified atom stereocenters. The Balaban J connectivity index is 1.39. The highest BCUT2D eigenvalue weighted by Gasteiger charge is 2.14. The number of thioether (sulfide) groups is 1. The van der Waals surface area contributed by atoms with Crippen molar-refractivity contribution in [3.63, 3.8) is 0 Å². The van der Waals surface area contributed by atoms with Gasteiger partial charge in [-0.2, -0.15) is 0 Å². The summed E-state index contributed by atoms with van der Waals surface area (Å²) in [4.78, 5) is 17.8. The molecule has 1 amide bonds. The predicted molar refractivity (Wildman–Crippen MR) is 130 cm³/mol. The van der Waals surface area contributed by atoms with Gasteiger partial charge in [-0.25, -0.2) is 9.37 Å². The molecule has 0 fully saturated rings. The number of hydrogen-bond donors (Lipinski definition) is 1. The van der Waals surface area contributed by atoms with Crippen molar-refractivity contribution in [3.8, 4) is 26.9 Å². The minimum Gasteiger partial charge on any atom is -0.497 e. The van der Waals surface area contributed by atoms with Crippen molar-refractivity contribution >= 4 is 34.7 Å². The first-order valence-corrected chi connectivity index (χ1v) is 11.9. The van der Waals surface area contributed by atoms with Crippen molar-refractivity contribution in [3.05, 3.63) is 71.7 Å². The summed E-state index contributed by atoms with van der Waals surface area (Å²) in [5, 5.41) is 12.8. The van der Waals surface area contributed by atoms with Crippen molar-refractivity contribution in [2.75, 3.05) is 18.2 Å². The number of aryl methyl sites for hydroxylation is 2.